The van der Waals surface area contributed by atoms with Crippen LogP contribution in [0.4, 0.5) is 4.39 Å². The molecule has 1 N–H and O–H groups in total. The molecule has 5 nitrogen and oxygen atoms in total. The topological polar surface area (TPSA) is 68.0 Å². The highest BCUT2D eigenvalue weighted by atomic mass is 32.1. The van der Waals surface area contributed by atoms with Crippen LogP contribution in [0.5, 0.6) is 0 Å². The molecule has 0 spiro atoms. The Hall–Kier alpha value is -2.54. The van der Waals surface area contributed by atoms with Crippen molar-refractivity contribution in [2.24, 2.45) is 0 Å². The van der Waals surface area contributed by atoms with Crippen molar-refractivity contribution in [3.8, 4) is 10.4 Å². The van der Waals surface area contributed by atoms with E-state index in [9.17, 15) is 9.18 Å². The standard InChI is InChI=1S/C18H18FN3O2S/c1-11-10-15(25-17(11)13-5-7-14(19)8-6-13)18(23)20-9-3-4-16-21-12(2)22-24-16/h5-8,10H,3-4,9H2,1-2H3,(H,20,23). The monoisotopic (exact) mass is 359 g/mol. The number of benzene rings is 1. The van der Waals surface area contributed by atoms with Gasteiger partial charge in [0.1, 0.15) is 5.82 Å². The van der Waals surface area contributed by atoms with E-state index in [1.54, 1.807) is 19.1 Å². The number of thiophene rings is 1. The number of nitrogens with zero attached hydrogens (tertiary/aromatic N) is 2. The average Bonchev–Trinajstić information content (AvgIpc) is 3.18. The first-order valence-electron chi connectivity index (χ1n) is 7.96. The predicted molar refractivity (Wildman–Crippen MR) is 94.1 cm³/mol. The van der Waals surface area contributed by atoms with Gasteiger partial charge in [-0.1, -0.05) is 17.3 Å². The zero-order chi connectivity index (χ0) is 17.8. The molecule has 1 amide bonds. The average molecular weight is 359 g/mol. The van der Waals surface area contributed by atoms with Crippen molar-refractivity contribution in [3.63, 3.8) is 0 Å². The Labute approximate surface area is 148 Å². The summed E-state index contributed by atoms with van der Waals surface area (Å²) in [7, 11) is 0. The highest BCUT2D eigenvalue weighted by Gasteiger charge is 2.13. The van der Waals surface area contributed by atoms with Crippen molar-refractivity contribution in [2.45, 2.75) is 26.7 Å². The second kappa shape index (κ2) is 7.57. The van der Waals surface area contributed by atoms with Gasteiger partial charge < -0.3 is 9.84 Å². The van der Waals surface area contributed by atoms with Gasteiger partial charge in [0.25, 0.3) is 5.91 Å². The molecule has 0 atom stereocenters. The molecule has 0 bridgehead atoms. The number of carbonyl (C=O) groups excluding carboxylic acids is 1. The largest absolute Gasteiger partial charge is 0.351 e. The van der Waals surface area contributed by atoms with Crippen LogP contribution in [0.1, 0.15) is 33.4 Å². The second-order valence-electron chi connectivity index (χ2n) is 5.72. The van der Waals surface area contributed by atoms with E-state index in [-0.39, 0.29) is 11.7 Å². The van der Waals surface area contributed by atoms with E-state index in [0.717, 1.165) is 22.4 Å². The van der Waals surface area contributed by atoms with E-state index in [1.165, 1.54) is 23.5 Å². The molecule has 0 aliphatic carbocycles. The molecule has 0 saturated heterocycles. The Bertz CT molecular complexity index is 871. The number of nitrogens with one attached hydrogen (secondary N) is 1. The molecule has 7 heteroatoms. The molecule has 0 aliphatic rings. The quantitative estimate of drug-likeness (QED) is 0.678. The Morgan fingerprint density at radius 1 is 1.28 bits per heavy atom. The summed E-state index contributed by atoms with van der Waals surface area (Å²) in [6, 6.07) is 8.16. The minimum atomic E-state index is -0.271. The van der Waals surface area contributed by atoms with Crippen molar-refractivity contribution in [1.82, 2.24) is 15.5 Å². The second-order valence-corrected chi connectivity index (χ2v) is 6.78. The van der Waals surface area contributed by atoms with Gasteiger partial charge in [-0.3, -0.25) is 4.79 Å². The first kappa shape index (κ1) is 17.3. The zero-order valence-electron chi connectivity index (χ0n) is 14.0. The number of aryl methyl sites for hydroxylation is 3. The maximum atomic E-state index is 13.1. The van der Waals surface area contributed by atoms with Gasteiger partial charge in [-0.2, -0.15) is 4.98 Å². The van der Waals surface area contributed by atoms with Crippen LogP contribution in [0.15, 0.2) is 34.9 Å². The summed E-state index contributed by atoms with van der Waals surface area (Å²) >= 11 is 1.41. The lowest BCUT2D eigenvalue weighted by atomic mass is 10.1. The Kier molecular flexibility index (Phi) is 5.23. The highest BCUT2D eigenvalue weighted by molar-refractivity contribution is 7.17. The fourth-order valence-electron chi connectivity index (χ4n) is 2.45. The van der Waals surface area contributed by atoms with E-state index in [1.807, 2.05) is 13.0 Å². The van der Waals surface area contributed by atoms with Gasteiger partial charge in [0.2, 0.25) is 5.89 Å². The third-order valence-electron chi connectivity index (χ3n) is 3.67. The van der Waals surface area contributed by atoms with Crippen molar-refractivity contribution in [2.75, 3.05) is 6.54 Å². The van der Waals surface area contributed by atoms with Crippen molar-refractivity contribution >= 4 is 17.2 Å². The van der Waals surface area contributed by atoms with Gasteiger partial charge in [-0.15, -0.1) is 11.3 Å². The van der Waals surface area contributed by atoms with Crippen molar-refractivity contribution < 1.29 is 13.7 Å². The molecule has 0 radical (unpaired) electrons. The lowest BCUT2D eigenvalue weighted by Crippen LogP contribution is -2.23. The minimum Gasteiger partial charge on any atom is -0.351 e. The minimum absolute atomic E-state index is 0.108. The fraction of sp³-hybridized carbons (Fsp3) is 0.278. The molecular formula is C18H18FN3O2S. The summed E-state index contributed by atoms with van der Waals surface area (Å²) < 4.78 is 18.1. The lowest BCUT2D eigenvalue weighted by Gasteiger charge is -2.02. The number of hydrogen-bond acceptors (Lipinski definition) is 5. The number of rotatable bonds is 6. The number of halogens is 1. The number of hydrogen-bond donors (Lipinski definition) is 1. The van der Waals surface area contributed by atoms with Crippen LogP contribution in [0.3, 0.4) is 0 Å². The maximum absolute atomic E-state index is 13.1. The molecule has 2 aromatic heterocycles. The van der Waals surface area contributed by atoms with E-state index in [2.05, 4.69) is 15.5 Å². The molecule has 130 valence electrons. The van der Waals surface area contributed by atoms with Gasteiger partial charge in [-0.05, 0) is 49.6 Å². The summed E-state index contributed by atoms with van der Waals surface area (Å²) in [5.74, 6) is 0.814. The van der Waals surface area contributed by atoms with Crippen LogP contribution in [0.2, 0.25) is 0 Å². The third kappa shape index (κ3) is 4.30. The number of aromatic nitrogens is 2. The van der Waals surface area contributed by atoms with Crippen molar-refractivity contribution in [3.05, 3.63) is 58.3 Å². The summed E-state index contributed by atoms with van der Waals surface area (Å²) in [6.45, 7) is 4.25. The van der Waals surface area contributed by atoms with Crippen LogP contribution < -0.4 is 5.32 Å². The zero-order valence-corrected chi connectivity index (χ0v) is 14.8. The molecule has 0 unspecified atom stereocenters. The summed E-state index contributed by atoms with van der Waals surface area (Å²) in [4.78, 5) is 18.0. The molecular weight excluding hydrogens is 341 g/mol. The Morgan fingerprint density at radius 2 is 2.04 bits per heavy atom. The number of carbonyl (C=O) groups is 1. The maximum Gasteiger partial charge on any atom is 0.261 e. The summed E-state index contributed by atoms with van der Waals surface area (Å²) in [6.07, 6.45) is 1.36. The van der Waals surface area contributed by atoms with Gasteiger partial charge in [0.15, 0.2) is 5.82 Å². The first-order chi connectivity index (χ1) is 12.0. The molecule has 0 saturated carbocycles. The highest BCUT2D eigenvalue weighted by Crippen LogP contribution is 2.32. The molecule has 0 aliphatic heterocycles. The van der Waals surface area contributed by atoms with Gasteiger partial charge in [0, 0.05) is 17.8 Å². The third-order valence-corrected chi connectivity index (χ3v) is 4.96. The Balaban J connectivity index is 1.57. The van der Waals surface area contributed by atoms with Gasteiger partial charge in [0.05, 0.1) is 4.88 Å². The van der Waals surface area contributed by atoms with E-state index >= 15 is 0 Å². The first-order valence-corrected chi connectivity index (χ1v) is 8.78. The summed E-state index contributed by atoms with van der Waals surface area (Å²) in [5.41, 5.74) is 1.91. The normalized spacial score (nSPS) is 10.8. The Morgan fingerprint density at radius 3 is 2.72 bits per heavy atom. The van der Waals surface area contributed by atoms with Gasteiger partial charge in [-0.25, -0.2) is 4.39 Å². The van der Waals surface area contributed by atoms with E-state index in [4.69, 9.17) is 4.52 Å². The molecule has 3 aromatic rings. The van der Waals surface area contributed by atoms with Crippen LogP contribution in [0.25, 0.3) is 10.4 Å². The van der Waals surface area contributed by atoms with E-state index < -0.39 is 0 Å². The SMILES string of the molecule is Cc1noc(CCCNC(=O)c2cc(C)c(-c3ccc(F)cc3)s2)n1. The smallest absolute Gasteiger partial charge is 0.261 e. The fourth-order valence-corrected chi connectivity index (χ4v) is 3.55. The molecule has 3 rings (SSSR count). The predicted octanol–water partition coefficient (Wildman–Crippen LogP) is 3.92. The summed E-state index contributed by atoms with van der Waals surface area (Å²) in [5, 5.41) is 6.63. The molecule has 1 aromatic carbocycles. The molecule has 0 fully saturated rings. The lowest BCUT2D eigenvalue weighted by molar-refractivity contribution is 0.0957. The van der Waals surface area contributed by atoms with E-state index in [0.29, 0.717) is 29.6 Å². The van der Waals surface area contributed by atoms with Crippen LogP contribution in [-0.4, -0.2) is 22.6 Å². The molecule has 25 heavy (non-hydrogen) atoms. The molecule has 2 heterocycles. The van der Waals surface area contributed by atoms with Crippen molar-refractivity contribution in [1.29, 1.82) is 0 Å². The van der Waals surface area contributed by atoms with Crippen LogP contribution in [0, 0.1) is 19.7 Å². The number of amides is 1. The van der Waals surface area contributed by atoms with Crippen LogP contribution in [-0.2, 0) is 6.42 Å². The van der Waals surface area contributed by atoms with Crippen LogP contribution >= 0.6 is 11.3 Å². The van der Waals surface area contributed by atoms with Gasteiger partial charge >= 0.3 is 0 Å².